The first-order valence-electron chi connectivity index (χ1n) is 12.7. The molecular weight excluding hydrogens is 460 g/mol. The van der Waals surface area contributed by atoms with Gasteiger partial charge in [-0.15, -0.1) is 0 Å². The van der Waals surface area contributed by atoms with Gasteiger partial charge in [-0.2, -0.15) is 0 Å². The molecule has 0 aliphatic carbocycles. The third-order valence-corrected chi connectivity index (χ3v) is 6.77. The molecule has 1 unspecified atom stereocenters. The van der Waals surface area contributed by atoms with Gasteiger partial charge in [0.1, 0.15) is 19.0 Å². The number of fused-ring (bicyclic) bond motifs is 1. The number of ketones is 1. The van der Waals surface area contributed by atoms with Gasteiger partial charge in [0.25, 0.3) is 5.91 Å². The first-order chi connectivity index (χ1) is 17.5. The van der Waals surface area contributed by atoms with Gasteiger partial charge in [0, 0.05) is 18.5 Å². The minimum absolute atomic E-state index is 0.0315. The van der Waals surface area contributed by atoms with Gasteiger partial charge in [0.05, 0.1) is 32.3 Å². The highest BCUT2D eigenvalue weighted by atomic mass is 16.6. The number of benzene rings is 2. The van der Waals surface area contributed by atoms with E-state index in [0.717, 1.165) is 26.1 Å². The molecule has 2 aromatic carbocycles. The predicted octanol–water partition coefficient (Wildman–Crippen LogP) is 1.40. The first-order valence-corrected chi connectivity index (χ1v) is 12.7. The van der Waals surface area contributed by atoms with Crippen molar-refractivity contribution in [2.24, 2.45) is 0 Å². The molecular formula is C28H34N2O6. The molecule has 8 nitrogen and oxygen atoms in total. The number of hydrogen-bond acceptors (Lipinski definition) is 6. The first kappa shape index (κ1) is 25.6. The minimum atomic E-state index is -0.756. The Hall–Kier alpha value is -3.52. The molecule has 0 spiro atoms. The summed E-state index contributed by atoms with van der Waals surface area (Å²) in [6.45, 7) is 10.8. The van der Waals surface area contributed by atoms with Crippen LogP contribution in [0.5, 0.6) is 17.2 Å². The second-order valence-corrected chi connectivity index (χ2v) is 8.89. The van der Waals surface area contributed by atoms with E-state index in [1.807, 2.05) is 19.1 Å². The minimum Gasteiger partial charge on any atom is -0.872 e. The highest BCUT2D eigenvalue weighted by Crippen LogP contribution is 2.40. The molecule has 8 heteroatoms. The largest absolute Gasteiger partial charge is 0.872 e. The normalized spacial score (nSPS) is 18.7. The van der Waals surface area contributed by atoms with Gasteiger partial charge in [-0.1, -0.05) is 24.0 Å². The maximum atomic E-state index is 13.7. The Bertz CT molecular complexity index is 1120. The van der Waals surface area contributed by atoms with Crippen molar-refractivity contribution in [3.63, 3.8) is 0 Å². The van der Waals surface area contributed by atoms with Gasteiger partial charge in [0.2, 0.25) is 5.78 Å². The lowest BCUT2D eigenvalue weighted by Crippen LogP contribution is -3.11. The van der Waals surface area contributed by atoms with Crippen molar-refractivity contribution in [1.29, 1.82) is 0 Å². The summed E-state index contributed by atoms with van der Waals surface area (Å²) >= 11 is 0. The number of nitrogens with zero attached hydrogens (tertiary/aromatic N) is 1. The highest BCUT2D eigenvalue weighted by molar-refractivity contribution is 6.46. The second-order valence-electron chi connectivity index (χ2n) is 8.89. The lowest BCUT2D eigenvalue weighted by molar-refractivity contribution is -0.896. The molecule has 192 valence electrons. The Balaban J connectivity index is 1.72. The number of amides is 1. The van der Waals surface area contributed by atoms with Gasteiger partial charge >= 0.3 is 0 Å². The molecule has 1 saturated heterocycles. The third kappa shape index (κ3) is 5.18. The number of quaternary nitrogens is 1. The van der Waals surface area contributed by atoms with Crippen molar-refractivity contribution in [3.05, 3.63) is 59.2 Å². The Kier molecular flexibility index (Phi) is 8.15. The molecule has 0 radical (unpaired) electrons. The molecule has 1 atom stereocenters. The fourth-order valence-corrected chi connectivity index (χ4v) is 4.80. The summed E-state index contributed by atoms with van der Waals surface area (Å²) in [6, 6.07) is 11.4. The van der Waals surface area contributed by atoms with Crippen molar-refractivity contribution in [2.45, 2.75) is 33.2 Å². The Morgan fingerprint density at radius 2 is 1.72 bits per heavy atom. The Morgan fingerprint density at radius 1 is 1.03 bits per heavy atom. The smallest absolute Gasteiger partial charge is 0.295 e. The van der Waals surface area contributed by atoms with Crippen LogP contribution in [-0.2, 0) is 9.59 Å². The fourth-order valence-electron chi connectivity index (χ4n) is 4.80. The molecule has 1 fully saturated rings. The molecule has 2 heterocycles. The van der Waals surface area contributed by atoms with Crippen LogP contribution in [0, 0.1) is 0 Å². The van der Waals surface area contributed by atoms with Crippen LogP contribution >= 0.6 is 0 Å². The van der Waals surface area contributed by atoms with E-state index in [1.165, 1.54) is 4.90 Å². The van der Waals surface area contributed by atoms with Crippen molar-refractivity contribution >= 4 is 17.4 Å². The molecule has 0 bridgehead atoms. The van der Waals surface area contributed by atoms with Crippen molar-refractivity contribution in [3.8, 4) is 17.2 Å². The molecule has 2 aliphatic heterocycles. The zero-order valence-corrected chi connectivity index (χ0v) is 21.2. The summed E-state index contributed by atoms with van der Waals surface area (Å²) in [5.41, 5.74) is 0.963. The number of nitrogens with one attached hydrogen (secondary N) is 1. The number of ether oxygens (including phenoxy) is 3. The SMILES string of the molecule is CCOc1ccc(C2C(=C([O-])c3ccc4c(c3)OCCO4)C(=O)C(=O)N2CCC[NH+](CC)CC)cc1. The monoisotopic (exact) mass is 494 g/mol. The van der Waals surface area contributed by atoms with E-state index in [4.69, 9.17) is 14.2 Å². The van der Waals surface area contributed by atoms with Crippen molar-refractivity contribution < 1.29 is 33.8 Å². The molecule has 0 aromatic heterocycles. The number of likely N-dealkylation sites (tertiary alicyclic amines) is 1. The van der Waals surface area contributed by atoms with E-state index in [0.29, 0.717) is 54.7 Å². The van der Waals surface area contributed by atoms with Gasteiger partial charge in [-0.05, 0) is 56.2 Å². The number of Topliss-reactive ketones (excluding diaryl/α,β-unsaturated/α-hetero) is 1. The molecule has 2 aliphatic rings. The van der Waals surface area contributed by atoms with Crippen LogP contribution in [-0.4, -0.2) is 62.6 Å². The van der Waals surface area contributed by atoms with Gasteiger partial charge in [-0.3, -0.25) is 9.59 Å². The van der Waals surface area contributed by atoms with E-state index >= 15 is 0 Å². The summed E-state index contributed by atoms with van der Waals surface area (Å²) in [7, 11) is 0. The third-order valence-electron chi connectivity index (χ3n) is 6.77. The van der Waals surface area contributed by atoms with E-state index in [1.54, 1.807) is 35.2 Å². The van der Waals surface area contributed by atoms with E-state index in [2.05, 4.69) is 13.8 Å². The lowest BCUT2D eigenvalue weighted by atomic mass is 9.95. The van der Waals surface area contributed by atoms with Crippen LogP contribution in [0.25, 0.3) is 5.76 Å². The van der Waals surface area contributed by atoms with Crippen LogP contribution in [0.15, 0.2) is 48.0 Å². The average molecular weight is 495 g/mol. The second kappa shape index (κ2) is 11.5. The molecule has 1 amide bonds. The maximum Gasteiger partial charge on any atom is 0.295 e. The predicted molar refractivity (Wildman–Crippen MR) is 133 cm³/mol. The number of carbonyl (C=O) groups excluding carboxylic acids is 2. The summed E-state index contributed by atoms with van der Waals surface area (Å²) in [6.07, 6.45) is 0.731. The Labute approximate surface area is 212 Å². The maximum absolute atomic E-state index is 13.7. The Morgan fingerprint density at radius 3 is 2.39 bits per heavy atom. The van der Waals surface area contributed by atoms with Crippen molar-refractivity contribution in [2.75, 3.05) is 46.0 Å². The number of rotatable bonds is 10. The van der Waals surface area contributed by atoms with E-state index < -0.39 is 23.5 Å². The summed E-state index contributed by atoms with van der Waals surface area (Å²) in [5.74, 6) is -0.149. The zero-order chi connectivity index (χ0) is 25.7. The van der Waals surface area contributed by atoms with Crippen LogP contribution in [0.4, 0.5) is 0 Å². The lowest BCUT2D eigenvalue weighted by Gasteiger charge is -2.28. The topological polar surface area (TPSA) is 92.6 Å². The van der Waals surface area contributed by atoms with Crippen LogP contribution < -0.4 is 24.2 Å². The highest BCUT2D eigenvalue weighted by Gasteiger charge is 2.44. The van der Waals surface area contributed by atoms with Gasteiger partial charge < -0.3 is 29.1 Å². The number of carbonyl (C=O) groups is 2. The van der Waals surface area contributed by atoms with Gasteiger partial charge in [0.15, 0.2) is 11.5 Å². The van der Waals surface area contributed by atoms with Crippen molar-refractivity contribution in [1.82, 2.24) is 4.90 Å². The summed E-state index contributed by atoms with van der Waals surface area (Å²) in [4.78, 5) is 29.4. The fraction of sp³-hybridized carbons (Fsp3) is 0.429. The molecule has 2 aromatic rings. The summed E-state index contributed by atoms with van der Waals surface area (Å²) in [5, 5.41) is 13.7. The van der Waals surface area contributed by atoms with Crippen LogP contribution in [0.1, 0.15) is 44.4 Å². The van der Waals surface area contributed by atoms with Gasteiger partial charge in [-0.25, -0.2) is 0 Å². The molecule has 36 heavy (non-hydrogen) atoms. The van der Waals surface area contributed by atoms with E-state index in [9.17, 15) is 14.7 Å². The average Bonchev–Trinajstić information content (AvgIpc) is 3.16. The van der Waals surface area contributed by atoms with Crippen LogP contribution in [0.2, 0.25) is 0 Å². The summed E-state index contributed by atoms with van der Waals surface area (Å²) < 4.78 is 16.7. The quantitative estimate of drug-likeness (QED) is 0.305. The standard InChI is InChI=1S/C28H34N2O6/c1-4-29(5-2)14-7-15-30-25(19-8-11-21(12-9-19)34-6-3)24(27(32)28(30)33)26(31)20-10-13-22-23(18-20)36-17-16-35-22/h8-13,18,25,31H,4-7,14-17H2,1-3H3. The van der Waals surface area contributed by atoms with Crippen LogP contribution in [0.3, 0.4) is 0 Å². The molecule has 1 N–H and O–H groups in total. The van der Waals surface area contributed by atoms with E-state index in [-0.39, 0.29) is 5.57 Å². The molecule has 0 saturated carbocycles. The zero-order valence-electron chi connectivity index (χ0n) is 21.2. The molecule has 4 rings (SSSR count). The number of hydrogen-bond donors (Lipinski definition) is 1.